The monoisotopic (exact) mass is 290 g/mol. The quantitative estimate of drug-likeness (QED) is 0.830. The van der Waals surface area contributed by atoms with Crippen LogP contribution in [-0.4, -0.2) is 54.6 Å². The molecule has 0 radical (unpaired) electrons. The second kappa shape index (κ2) is 6.21. The molecule has 1 aromatic rings. The second-order valence-corrected chi connectivity index (χ2v) is 7.09. The number of nitrogens with zero attached hydrogens (tertiary/aromatic N) is 4. The highest BCUT2D eigenvalue weighted by Gasteiger charge is 2.29. The van der Waals surface area contributed by atoms with Gasteiger partial charge in [0.2, 0.25) is 0 Å². The Hall–Kier alpha value is -0.960. The third-order valence-electron chi connectivity index (χ3n) is 4.21. The van der Waals surface area contributed by atoms with Gasteiger partial charge in [0.15, 0.2) is 0 Å². The fourth-order valence-corrected chi connectivity index (χ4v) is 3.80. The molecular formula is C15H22N4S. The van der Waals surface area contributed by atoms with Gasteiger partial charge in [0.25, 0.3) is 0 Å². The van der Waals surface area contributed by atoms with Crippen LogP contribution in [0.15, 0.2) is 0 Å². The number of thiazole rings is 1. The second-order valence-electron chi connectivity index (χ2n) is 5.92. The van der Waals surface area contributed by atoms with Crippen molar-refractivity contribution in [1.29, 1.82) is 5.26 Å². The van der Waals surface area contributed by atoms with Gasteiger partial charge < -0.3 is 9.80 Å². The van der Waals surface area contributed by atoms with Gasteiger partial charge in [0.05, 0.1) is 23.2 Å². The van der Waals surface area contributed by atoms with E-state index >= 15 is 0 Å². The average molecular weight is 290 g/mol. The molecule has 1 saturated carbocycles. The molecule has 3 rings (SSSR count). The molecule has 2 fully saturated rings. The van der Waals surface area contributed by atoms with Crippen LogP contribution in [0.4, 0.5) is 0 Å². The third-order valence-corrected chi connectivity index (χ3v) is 5.34. The van der Waals surface area contributed by atoms with E-state index in [0.717, 1.165) is 13.0 Å². The number of hydrogen-bond acceptors (Lipinski definition) is 5. The summed E-state index contributed by atoms with van der Waals surface area (Å²) in [5.41, 5.74) is 1.24. The zero-order chi connectivity index (χ0) is 13.9. The van der Waals surface area contributed by atoms with Crippen molar-refractivity contribution >= 4 is 11.3 Å². The molecule has 5 heteroatoms. The van der Waals surface area contributed by atoms with Crippen LogP contribution >= 0.6 is 11.3 Å². The van der Waals surface area contributed by atoms with Gasteiger partial charge in [-0.05, 0) is 19.9 Å². The zero-order valence-electron chi connectivity index (χ0n) is 12.1. The predicted octanol–water partition coefficient (Wildman–Crippen LogP) is 1.88. The first-order valence-corrected chi connectivity index (χ1v) is 8.34. The SMILES string of the molecule is CN1CCN(CCc2nc(C3CC3)c(CC#N)s2)CC1. The van der Waals surface area contributed by atoms with E-state index in [0.29, 0.717) is 12.3 Å². The van der Waals surface area contributed by atoms with Crippen molar-refractivity contribution in [2.24, 2.45) is 0 Å². The van der Waals surface area contributed by atoms with Crippen LogP contribution in [0.5, 0.6) is 0 Å². The first-order chi connectivity index (χ1) is 9.76. The third kappa shape index (κ3) is 3.38. The maximum atomic E-state index is 8.93. The first kappa shape index (κ1) is 14.0. The van der Waals surface area contributed by atoms with Crippen molar-refractivity contribution in [2.75, 3.05) is 39.8 Å². The zero-order valence-corrected chi connectivity index (χ0v) is 13.0. The largest absolute Gasteiger partial charge is 0.304 e. The molecule has 0 unspecified atom stereocenters. The minimum absolute atomic E-state index is 0.540. The van der Waals surface area contributed by atoms with Crippen LogP contribution in [0.3, 0.4) is 0 Å². The normalized spacial score (nSPS) is 21.0. The number of aromatic nitrogens is 1. The summed E-state index contributed by atoms with van der Waals surface area (Å²) in [4.78, 5) is 11.0. The summed E-state index contributed by atoms with van der Waals surface area (Å²) in [6.45, 7) is 5.79. The summed E-state index contributed by atoms with van der Waals surface area (Å²) < 4.78 is 0. The van der Waals surface area contributed by atoms with Gasteiger partial charge >= 0.3 is 0 Å². The highest BCUT2D eigenvalue weighted by molar-refractivity contribution is 7.11. The van der Waals surface area contributed by atoms with Crippen molar-refractivity contribution < 1.29 is 0 Å². The van der Waals surface area contributed by atoms with Crippen molar-refractivity contribution in [2.45, 2.75) is 31.6 Å². The summed E-state index contributed by atoms with van der Waals surface area (Å²) in [6.07, 6.45) is 4.11. The van der Waals surface area contributed by atoms with E-state index in [4.69, 9.17) is 10.2 Å². The number of hydrogen-bond donors (Lipinski definition) is 0. The Kier molecular flexibility index (Phi) is 4.35. The molecule has 1 saturated heterocycles. The summed E-state index contributed by atoms with van der Waals surface area (Å²) >= 11 is 1.77. The highest BCUT2D eigenvalue weighted by Crippen LogP contribution is 2.42. The smallest absolute Gasteiger partial charge is 0.0944 e. The van der Waals surface area contributed by atoms with E-state index in [-0.39, 0.29) is 0 Å². The fourth-order valence-electron chi connectivity index (χ4n) is 2.72. The van der Waals surface area contributed by atoms with Crippen LogP contribution in [0.25, 0.3) is 0 Å². The van der Waals surface area contributed by atoms with Crippen molar-refractivity contribution in [1.82, 2.24) is 14.8 Å². The lowest BCUT2D eigenvalue weighted by atomic mass is 10.2. The van der Waals surface area contributed by atoms with Crippen molar-refractivity contribution in [3.8, 4) is 6.07 Å². The molecule has 0 atom stereocenters. The van der Waals surface area contributed by atoms with Gasteiger partial charge in [-0.2, -0.15) is 5.26 Å². The first-order valence-electron chi connectivity index (χ1n) is 7.52. The van der Waals surface area contributed by atoms with E-state index < -0.39 is 0 Å². The molecule has 0 bridgehead atoms. The van der Waals surface area contributed by atoms with Gasteiger partial charge in [0, 0.05) is 49.9 Å². The van der Waals surface area contributed by atoms with Crippen LogP contribution in [0.1, 0.15) is 34.3 Å². The van der Waals surface area contributed by atoms with E-state index in [9.17, 15) is 0 Å². The fraction of sp³-hybridized carbons (Fsp3) is 0.733. The highest BCUT2D eigenvalue weighted by atomic mass is 32.1. The van der Waals surface area contributed by atoms with Gasteiger partial charge in [0.1, 0.15) is 0 Å². The van der Waals surface area contributed by atoms with Gasteiger partial charge in [-0.3, -0.25) is 0 Å². The van der Waals surface area contributed by atoms with E-state index in [1.807, 2.05) is 0 Å². The number of likely N-dealkylation sites (N-methyl/N-ethyl adjacent to an activating group) is 1. The van der Waals surface area contributed by atoms with Crippen LogP contribution in [-0.2, 0) is 12.8 Å². The molecule has 20 heavy (non-hydrogen) atoms. The maximum Gasteiger partial charge on any atom is 0.0944 e. The molecular weight excluding hydrogens is 268 g/mol. The molecule has 2 heterocycles. The Labute approximate surface area is 125 Å². The Morgan fingerprint density at radius 3 is 2.70 bits per heavy atom. The number of nitriles is 1. The van der Waals surface area contributed by atoms with Crippen LogP contribution in [0, 0.1) is 11.3 Å². The lowest BCUT2D eigenvalue weighted by Gasteiger charge is -2.32. The molecule has 4 nitrogen and oxygen atoms in total. The topological polar surface area (TPSA) is 43.2 Å². The van der Waals surface area contributed by atoms with Crippen LogP contribution < -0.4 is 0 Å². The van der Waals surface area contributed by atoms with Gasteiger partial charge in [-0.25, -0.2) is 4.98 Å². The van der Waals surface area contributed by atoms with Gasteiger partial charge in [-0.15, -0.1) is 11.3 Å². The van der Waals surface area contributed by atoms with Crippen molar-refractivity contribution in [3.05, 3.63) is 15.6 Å². The molecule has 0 amide bonds. The summed E-state index contributed by atoms with van der Waals surface area (Å²) in [6, 6.07) is 2.29. The Balaban J connectivity index is 1.57. The van der Waals surface area contributed by atoms with Crippen LogP contribution in [0.2, 0.25) is 0 Å². The van der Waals surface area contributed by atoms with E-state index in [1.165, 1.54) is 54.6 Å². The summed E-state index contributed by atoms with van der Waals surface area (Å²) in [5, 5.41) is 10.2. The lowest BCUT2D eigenvalue weighted by molar-refractivity contribution is 0.155. The molecule has 1 aromatic heterocycles. The molecule has 0 N–H and O–H groups in total. The van der Waals surface area contributed by atoms with E-state index in [2.05, 4.69) is 22.9 Å². The molecule has 1 aliphatic heterocycles. The molecule has 108 valence electrons. The Morgan fingerprint density at radius 1 is 1.30 bits per heavy atom. The Bertz CT molecular complexity index is 492. The number of rotatable bonds is 5. The molecule has 0 aromatic carbocycles. The molecule has 0 spiro atoms. The minimum Gasteiger partial charge on any atom is -0.304 e. The standard InChI is InChI=1S/C15H22N4S/c1-18-8-10-19(11-9-18)7-5-14-17-15(12-2-3-12)13(20-14)4-6-16/h12H,2-5,7-11H2,1H3. The minimum atomic E-state index is 0.540. The van der Waals surface area contributed by atoms with E-state index in [1.54, 1.807) is 11.3 Å². The molecule has 1 aliphatic carbocycles. The van der Waals surface area contributed by atoms with Gasteiger partial charge in [-0.1, -0.05) is 0 Å². The average Bonchev–Trinajstić information content (AvgIpc) is 3.21. The summed E-state index contributed by atoms with van der Waals surface area (Å²) in [7, 11) is 2.19. The lowest BCUT2D eigenvalue weighted by Crippen LogP contribution is -2.45. The van der Waals surface area contributed by atoms with Crippen molar-refractivity contribution in [3.63, 3.8) is 0 Å². The maximum absolute atomic E-state index is 8.93. The Morgan fingerprint density at radius 2 is 2.05 bits per heavy atom. The number of piperazine rings is 1. The summed E-state index contributed by atoms with van der Waals surface area (Å²) in [5.74, 6) is 0.659. The predicted molar refractivity (Wildman–Crippen MR) is 81.0 cm³/mol. The molecule has 2 aliphatic rings.